The van der Waals surface area contributed by atoms with Gasteiger partial charge in [0, 0.05) is 38.2 Å². The molecule has 0 atom stereocenters. The van der Waals surface area contributed by atoms with Crippen LogP contribution < -0.4 is 4.90 Å². The van der Waals surface area contributed by atoms with E-state index in [2.05, 4.69) is 54.1 Å². The lowest BCUT2D eigenvalue weighted by Gasteiger charge is -2.35. The molecule has 1 aliphatic heterocycles. The number of carbonyl (C=O) groups is 1. The zero-order chi connectivity index (χ0) is 18.5. The first-order valence-electron chi connectivity index (χ1n) is 9.52. The molecule has 0 N–H and O–H groups in total. The predicted octanol–water partition coefficient (Wildman–Crippen LogP) is 3.60. The van der Waals surface area contributed by atoms with Gasteiger partial charge in [0.1, 0.15) is 0 Å². The van der Waals surface area contributed by atoms with Crippen LogP contribution in [-0.2, 0) is 4.79 Å². The molecule has 2 aromatic rings. The van der Waals surface area contributed by atoms with Crippen molar-refractivity contribution in [2.45, 2.75) is 40.0 Å². The average molecular weight is 352 g/mol. The number of nitrogens with zero attached hydrogens (tertiary/aromatic N) is 4. The summed E-state index contributed by atoms with van der Waals surface area (Å²) < 4.78 is 0. The number of unbranched alkanes of at least 4 members (excludes halogenated alkanes) is 1. The molecule has 1 aliphatic rings. The molecule has 0 saturated carbocycles. The minimum Gasteiger partial charge on any atom is -0.352 e. The van der Waals surface area contributed by atoms with Gasteiger partial charge in [-0.25, -0.2) is 0 Å². The van der Waals surface area contributed by atoms with Gasteiger partial charge in [-0.2, -0.15) is 0 Å². The Bertz CT molecular complexity index is 749. The van der Waals surface area contributed by atoms with Crippen LogP contribution in [0.2, 0.25) is 0 Å². The summed E-state index contributed by atoms with van der Waals surface area (Å²) in [5.41, 5.74) is 4.53. The Hall–Kier alpha value is -2.43. The Kier molecular flexibility index (Phi) is 5.86. The number of aryl methyl sites for hydroxylation is 2. The summed E-state index contributed by atoms with van der Waals surface area (Å²) in [4.78, 5) is 16.3. The third-order valence-electron chi connectivity index (χ3n) is 5.15. The Balaban J connectivity index is 1.61. The lowest BCUT2D eigenvalue weighted by Crippen LogP contribution is -2.49. The van der Waals surface area contributed by atoms with Gasteiger partial charge in [-0.05, 0) is 49.6 Å². The lowest BCUT2D eigenvalue weighted by atomic mass is 10.0. The molecule has 1 aromatic heterocycles. The maximum Gasteiger partial charge on any atom is 0.222 e. The van der Waals surface area contributed by atoms with E-state index in [4.69, 9.17) is 0 Å². The number of hydrogen-bond acceptors (Lipinski definition) is 4. The molecule has 5 heteroatoms. The van der Waals surface area contributed by atoms with Crippen molar-refractivity contribution in [1.82, 2.24) is 15.1 Å². The number of hydrogen-bond donors (Lipinski definition) is 0. The Morgan fingerprint density at radius 3 is 2.38 bits per heavy atom. The maximum atomic E-state index is 12.1. The van der Waals surface area contributed by atoms with E-state index in [0.717, 1.165) is 56.1 Å². The van der Waals surface area contributed by atoms with Crippen LogP contribution in [0.1, 0.15) is 37.3 Å². The van der Waals surface area contributed by atoms with E-state index in [-0.39, 0.29) is 5.91 Å². The van der Waals surface area contributed by atoms with E-state index in [0.29, 0.717) is 6.42 Å². The van der Waals surface area contributed by atoms with Crippen LogP contribution in [0.3, 0.4) is 0 Å². The van der Waals surface area contributed by atoms with Crippen LogP contribution in [0.5, 0.6) is 0 Å². The monoisotopic (exact) mass is 352 g/mol. The molecule has 1 fully saturated rings. The molecule has 0 bridgehead atoms. The van der Waals surface area contributed by atoms with Gasteiger partial charge in [0.2, 0.25) is 5.91 Å². The second-order valence-electron chi connectivity index (χ2n) is 7.05. The first-order chi connectivity index (χ1) is 12.6. The Morgan fingerprint density at radius 1 is 1.00 bits per heavy atom. The van der Waals surface area contributed by atoms with Crippen molar-refractivity contribution in [1.29, 1.82) is 0 Å². The van der Waals surface area contributed by atoms with Gasteiger partial charge in [0.25, 0.3) is 0 Å². The van der Waals surface area contributed by atoms with Crippen LogP contribution in [-0.4, -0.2) is 47.2 Å². The molecule has 0 spiro atoms. The van der Waals surface area contributed by atoms with Crippen molar-refractivity contribution in [2.24, 2.45) is 0 Å². The summed E-state index contributed by atoms with van der Waals surface area (Å²) in [5, 5.41) is 8.84. The van der Waals surface area contributed by atoms with Crippen molar-refractivity contribution in [3.63, 3.8) is 0 Å². The first kappa shape index (κ1) is 18.4. The van der Waals surface area contributed by atoms with Crippen molar-refractivity contribution in [3.05, 3.63) is 41.5 Å². The van der Waals surface area contributed by atoms with E-state index in [1.54, 1.807) is 0 Å². The lowest BCUT2D eigenvalue weighted by molar-refractivity contribution is -0.131. The molecule has 1 aromatic carbocycles. The minimum absolute atomic E-state index is 0.280. The molecule has 5 nitrogen and oxygen atoms in total. The number of piperazine rings is 1. The van der Waals surface area contributed by atoms with Crippen LogP contribution in [0, 0.1) is 13.8 Å². The standard InChI is InChI=1S/C21H28N4O/c1-4-5-6-21(26)25-13-11-24(12-14-25)20-10-9-19(22-23-20)18-8-7-16(2)17(3)15-18/h7-10,15H,4-6,11-14H2,1-3H3. The Labute approximate surface area is 156 Å². The van der Waals surface area contributed by atoms with E-state index < -0.39 is 0 Å². The summed E-state index contributed by atoms with van der Waals surface area (Å²) >= 11 is 0. The minimum atomic E-state index is 0.280. The number of amides is 1. The van der Waals surface area contributed by atoms with Crippen LogP contribution in [0.15, 0.2) is 30.3 Å². The topological polar surface area (TPSA) is 49.3 Å². The van der Waals surface area contributed by atoms with Gasteiger partial charge in [0.15, 0.2) is 5.82 Å². The molecular formula is C21H28N4O. The van der Waals surface area contributed by atoms with Gasteiger partial charge in [0.05, 0.1) is 5.69 Å². The third kappa shape index (κ3) is 4.21. The fourth-order valence-corrected chi connectivity index (χ4v) is 3.22. The molecule has 0 unspecified atom stereocenters. The highest BCUT2D eigenvalue weighted by Gasteiger charge is 2.21. The molecule has 138 valence electrons. The summed E-state index contributed by atoms with van der Waals surface area (Å²) in [6.07, 6.45) is 2.71. The third-order valence-corrected chi connectivity index (χ3v) is 5.15. The summed E-state index contributed by atoms with van der Waals surface area (Å²) in [6.45, 7) is 9.51. The first-order valence-corrected chi connectivity index (χ1v) is 9.52. The van der Waals surface area contributed by atoms with E-state index >= 15 is 0 Å². The highest BCUT2D eigenvalue weighted by molar-refractivity contribution is 5.76. The second-order valence-corrected chi connectivity index (χ2v) is 7.05. The molecule has 3 rings (SSSR count). The van der Waals surface area contributed by atoms with Gasteiger partial charge >= 0.3 is 0 Å². The second kappa shape index (κ2) is 8.30. The smallest absolute Gasteiger partial charge is 0.222 e. The molecule has 1 amide bonds. The molecule has 1 saturated heterocycles. The van der Waals surface area contributed by atoms with Gasteiger partial charge < -0.3 is 9.80 Å². The number of aromatic nitrogens is 2. The maximum absolute atomic E-state index is 12.1. The molecular weight excluding hydrogens is 324 g/mol. The fourth-order valence-electron chi connectivity index (χ4n) is 3.22. The number of rotatable bonds is 5. The highest BCUT2D eigenvalue weighted by atomic mass is 16.2. The van der Waals surface area contributed by atoms with Crippen molar-refractivity contribution >= 4 is 11.7 Å². The number of carbonyl (C=O) groups excluding carboxylic acids is 1. The zero-order valence-corrected chi connectivity index (χ0v) is 16.0. The number of anilines is 1. The van der Waals surface area contributed by atoms with Crippen LogP contribution in [0.25, 0.3) is 11.3 Å². The quantitative estimate of drug-likeness (QED) is 0.825. The summed E-state index contributed by atoms with van der Waals surface area (Å²) in [6, 6.07) is 10.4. The fraction of sp³-hybridized carbons (Fsp3) is 0.476. The Morgan fingerprint density at radius 2 is 1.77 bits per heavy atom. The highest BCUT2D eigenvalue weighted by Crippen LogP contribution is 2.22. The van der Waals surface area contributed by atoms with Crippen LogP contribution in [0.4, 0.5) is 5.82 Å². The van der Waals surface area contributed by atoms with Gasteiger partial charge in [-0.3, -0.25) is 4.79 Å². The van der Waals surface area contributed by atoms with Gasteiger partial charge in [-0.1, -0.05) is 25.5 Å². The number of benzene rings is 1. The van der Waals surface area contributed by atoms with Gasteiger partial charge in [-0.15, -0.1) is 10.2 Å². The zero-order valence-electron chi connectivity index (χ0n) is 16.0. The average Bonchev–Trinajstić information content (AvgIpc) is 2.68. The molecule has 0 radical (unpaired) electrons. The normalized spacial score (nSPS) is 14.6. The van der Waals surface area contributed by atoms with E-state index in [1.807, 2.05) is 17.0 Å². The van der Waals surface area contributed by atoms with E-state index in [1.165, 1.54) is 11.1 Å². The van der Waals surface area contributed by atoms with Crippen molar-refractivity contribution in [2.75, 3.05) is 31.1 Å². The molecule has 2 heterocycles. The van der Waals surface area contributed by atoms with E-state index in [9.17, 15) is 4.79 Å². The summed E-state index contributed by atoms with van der Waals surface area (Å²) in [5.74, 6) is 1.17. The summed E-state index contributed by atoms with van der Waals surface area (Å²) in [7, 11) is 0. The largest absolute Gasteiger partial charge is 0.352 e. The molecule has 26 heavy (non-hydrogen) atoms. The molecule has 0 aliphatic carbocycles. The van der Waals surface area contributed by atoms with Crippen molar-refractivity contribution in [3.8, 4) is 11.3 Å². The van der Waals surface area contributed by atoms with Crippen LogP contribution >= 0.6 is 0 Å². The SMILES string of the molecule is CCCCC(=O)N1CCN(c2ccc(-c3ccc(C)c(C)c3)nn2)CC1. The van der Waals surface area contributed by atoms with Crippen molar-refractivity contribution < 1.29 is 4.79 Å². The predicted molar refractivity (Wildman–Crippen MR) is 105 cm³/mol.